The molecular formula is C20H25N5O2. The third kappa shape index (κ3) is 3.73. The van der Waals surface area contributed by atoms with Crippen LogP contribution in [0, 0.1) is 0 Å². The highest BCUT2D eigenvalue weighted by atomic mass is 16.4. The quantitative estimate of drug-likeness (QED) is 0.725. The molecule has 0 bridgehead atoms. The van der Waals surface area contributed by atoms with E-state index >= 15 is 0 Å². The fourth-order valence-corrected chi connectivity index (χ4v) is 4.06. The monoisotopic (exact) mass is 367 g/mol. The van der Waals surface area contributed by atoms with Gasteiger partial charge in [0.2, 0.25) is 0 Å². The van der Waals surface area contributed by atoms with Crippen LogP contribution in [0.3, 0.4) is 0 Å². The summed E-state index contributed by atoms with van der Waals surface area (Å²) in [5.74, 6) is 0.581. The average Bonchev–Trinajstić information content (AvgIpc) is 3.25. The van der Waals surface area contributed by atoms with Gasteiger partial charge >= 0.3 is 5.97 Å². The first-order valence-corrected chi connectivity index (χ1v) is 9.55. The third-order valence-electron chi connectivity index (χ3n) is 5.30. The zero-order valence-electron chi connectivity index (χ0n) is 15.6. The number of carbonyl (C=O) groups is 1. The molecule has 2 aromatic heterocycles. The number of carboxylic acids is 1. The number of aryl methyl sites for hydroxylation is 1. The highest BCUT2D eigenvalue weighted by Gasteiger charge is 2.24. The van der Waals surface area contributed by atoms with Gasteiger partial charge in [-0.2, -0.15) is 5.10 Å². The maximum absolute atomic E-state index is 10.9. The van der Waals surface area contributed by atoms with E-state index in [1.165, 1.54) is 10.2 Å². The highest BCUT2D eigenvalue weighted by Crippen LogP contribution is 2.27. The van der Waals surface area contributed by atoms with Crippen molar-refractivity contribution >= 4 is 17.0 Å². The van der Waals surface area contributed by atoms with Crippen molar-refractivity contribution in [1.82, 2.24) is 24.2 Å². The molecule has 0 radical (unpaired) electrons. The van der Waals surface area contributed by atoms with Crippen molar-refractivity contribution in [3.63, 3.8) is 0 Å². The van der Waals surface area contributed by atoms with Crippen LogP contribution in [0.2, 0.25) is 0 Å². The molecule has 1 aliphatic rings. The number of carboxylic acid groups (broad SMARTS) is 1. The Hall–Kier alpha value is -2.67. The Labute approximate surface area is 158 Å². The van der Waals surface area contributed by atoms with E-state index in [-0.39, 0.29) is 6.54 Å². The Morgan fingerprint density at radius 2 is 2.15 bits per heavy atom. The van der Waals surface area contributed by atoms with Gasteiger partial charge in [-0.05, 0) is 44.5 Å². The molecule has 0 amide bonds. The van der Waals surface area contributed by atoms with Crippen molar-refractivity contribution in [2.75, 3.05) is 13.1 Å². The molecule has 0 aliphatic carbocycles. The fraction of sp³-hybridized carbons (Fsp3) is 0.450. The Morgan fingerprint density at radius 1 is 1.30 bits per heavy atom. The number of rotatable bonds is 6. The Balaban J connectivity index is 1.49. The molecule has 7 nitrogen and oxygen atoms in total. The first-order valence-electron chi connectivity index (χ1n) is 9.55. The molecule has 1 N–H and O–H groups in total. The van der Waals surface area contributed by atoms with Gasteiger partial charge in [-0.3, -0.25) is 14.4 Å². The van der Waals surface area contributed by atoms with Crippen LogP contribution in [0.4, 0.5) is 0 Å². The van der Waals surface area contributed by atoms with E-state index in [2.05, 4.69) is 39.7 Å². The summed E-state index contributed by atoms with van der Waals surface area (Å²) in [5.41, 5.74) is 3.23. The molecule has 0 spiro atoms. The minimum atomic E-state index is -0.867. The predicted molar refractivity (Wildman–Crippen MR) is 103 cm³/mol. The first kappa shape index (κ1) is 17.7. The first-order chi connectivity index (χ1) is 13.1. The Kier molecular flexibility index (Phi) is 4.94. The van der Waals surface area contributed by atoms with Crippen LogP contribution in [-0.2, 0) is 24.4 Å². The van der Waals surface area contributed by atoms with Crippen molar-refractivity contribution < 1.29 is 9.90 Å². The lowest BCUT2D eigenvalue weighted by Gasteiger charge is -2.31. The number of aromatic nitrogens is 4. The summed E-state index contributed by atoms with van der Waals surface area (Å²) in [5, 5.41) is 13.4. The van der Waals surface area contributed by atoms with Gasteiger partial charge in [0.05, 0.1) is 23.3 Å². The summed E-state index contributed by atoms with van der Waals surface area (Å²) in [7, 11) is 0. The van der Waals surface area contributed by atoms with Crippen LogP contribution in [0.25, 0.3) is 11.0 Å². The summed E-state index contributed by atoms with van der Waals surface area (Å²) in [6, 6.07) is 10.2. The van der Waals surface area contributed by atoms with Gasteiger partial charge in [0.15, 0.2) is 0 Å². The van der Waals surface area contributed by atoms with Crippen molar-refractivity contribution in [3.05, 3.63) is 48.0 Å². The number of nitrogens with zero attached hydrogens (tertiary/aromatic N) is 5. The Morgan fingerprint density at radius 3 is 2.96 bits per heavy atom. The number of imidazole rings is 1. The van der Waals surface area contributed by atoms with Gasteiger partial charge in [-0.25, -0.2) is 4.98 Å². The Bertz CT molecular complexity index is 945. The lowest BCUT2D eigenvalue weighted by molar-refractivity contribution is -0.137. The molecular weight excluding hydrogens is 342 g/mol. The van der Waals surface area contributed by atoms with Crippen LogP contribution in [0.1, 0.15) is 37.2 Å². The second-order valence-electron chi connectivity index (χ2n) is 7.17. The van der Waals surface area contributed by atoms with Crippen molar-refractivity contribution in [3.8, 4) is 0 Å². The largest absolute Gasteiger partial charge is 0.480 e. The molecule has 1 aromatic carbocycles. The molecule has 0 saturated carbocycles. The SMILES string of the molecule is CCn1c(CN2CCC[C@H](c3ccn(CC(=O)O)n3)C2)nc2ccccc21. The van der Waals surface area contributed by atoms with Gasteiger partial charge in [-0.15, -0.1) is 0 Å². The summed E-state index contributed by atoms with van der Waals surface area (Å²) in [6.45, 7) is 5.79. The lowest BCUT2D eigenvalue weighted by Crippen LogP contribution is -2.35. The molecule has 1 atom stereocenters. The number of likely N-dealkylation sites (tertiary alicyclic amines) is 1. The molecule has 142 valence electrons. The molecule has 1 aliphatic heterocycles. The fourth-order valence-electron chi connectivity index (χ4n) is 4.06. The molecule has 3 heterocycles. The van der Waals surface area contributed by atoms with E-state index in [0.29, 0.717) is 5.92 Å². The second-order valence-corrected chi connectivity index (χ2v) is 7.17. The molecule has 0 unspecified atom stereocenters. The maximum Gasteiger partial charge on any atom is 0.325 e. The number of benzene rings is 1. The number of hydrogen-bond acceptors (Lipinski definition) is 4. The summed E-state index contributed by atoms with van der Waals surface area (Å²) >= 11 is 0. The summed E-state index contributed by atoms with van der Waals surface area (Å²) < 4.78 is 3.80. The third-order valence-corrected chi connectivity index (χ3v) is 5.30. The van der Waals surface area contributed by atoms with Crippen LogP contribution in [-0.4, -0.2) is 48.4 Å². The number of hydrogen-bond donors (Lipinski definition) is 1. The summed E-state index contributed by atoms with van der Waals surface area (Å²) in [4.78, 5) is 18.2. The van der Waals surface area contributed by atoms with Gasteiger partial charge in [0, 0.05) is 25.2 Å². The maximum atomic E-state index is 10.9. The van der Waals surface area contributed by atoms with Gasteiger partial charge < -0.3 is 9.67 Å². The van der Waals surface area contributed by atoms with Gasteiger partial charge in [0.25, 0.3) is 0 Å². The molecule has 3 aromatic rings. The van der Waals surface area contributed by atoms with Crippen LogP contribution >= 0.6 is 0 Å². The standard InChI is InChI=1S/C20H25N5O2/c1-2-25-18-8-4-3-7-17(18)21-19(25)13-23-10-5-6-15(12-23)16-9-11-24(22-16)14-20(26)27/h3-4,7-9,11,15H,2,5-6,10,12-14H2,1H3,(H,26,27)/t15-/m0/s1. The predicted octanol–water partition coefficient (Wildman–Crippen LogP) is 2.72. The van der Waals surface area contributed by atoms with Crippen molar-refractivity contribution in [2.24, 2.45) is 0 Å². The number of para-hydroxylation sites is 2. The molecule has 1 fully saturated rings. The van der Waals surface area contributed by atoms with Crippen LogP contribution in [0.5, 0.6) is 0 Å². The van der Waals surface area contributed by atoms with E-state index in [4.69, 9.17) is 10.1 Å². The van der Waals surface area contributed by atoms with Crippen LogP contribution < -0.4 is 0 Å². The van der Waals surface area contributed by atoms with E-state index in [1.54, 1.807) is 6.20 Å². The van der Waals surface area contributed by atoms with E-state index < -0.39 is 5.97 Å². The smallest absolute Gasteiger partial charge is 0.325 e. The highest BCUT2D eigenvalue weighted by molar-refractivity contribution is 5.75. The number of piperidine rings is 1. The van der Waals surface area contributed by atoms with Crippen molar-refractivity contribution in [2.45, 2.75) is 45.3 Å². The zero-order chi connectivity index (χ0) is 18.8. The average molecular weight is 367 g/mol. The van der Waals surface area contributed by atoms with Crippen LogP contribution in [0.15, 0.2) is 36.5 Å². The minimum absolute atomic E-state index is 0.0864. The molecule has 7 heteroatoms. The van der Waals surface area contributed by atoms with E-state index in [0.717, 1.165) is 56.1 Å². The zero-order valence-corrected chi connectivity index (χ0v) is 15.6. The minimum Gasteiger partial charge on any atom is -0.480 e. The normalized spacial score (nSPS) is 18.2. The van der Waals surface area contributed by atoms with E-state index in [1.807, 2.05) is 12.1 Å². The molecule has 27 heavy (non-hydrogen) atoms. The lowest BCUT2D eigenvalue weighted by atomic mass is 9.95. The summed E-state index contributed by atoms with van der Waals surface area (Å²) in [6.07, 6.45) is 3.96. The second kappa shape index (κ2) is 7.52. The number of aliphatic carboxylic acids is 1. The topological polar surface area (TPSA) is 76.2 Å². The number of fused-ring (bicyclic) bond motifs is 1. The van der Waals surface area contributed by atoms with Crippen molar-refractivity contribution in [1.29, 1.82) is 0 Å². The molecule has 1 saturated heterocycles. The van der Waals surface area contributed by atoms with Gasteiger partial charge in [0.1, 0.15) is 12.4 Å². The molecule has 4 rings (SSSR count). The van der Waals surface area contributed by atoms with Gasteiger partial charge in [-0.1, -0.05) is 12.1 Å². The van der Waals surface area contributed by atoms with E-state index in [9.17, 15) is 4.79 Å².